The molecule has 2 aromatic rings. The van der Waals surface area contributed by atoms with Crippen LogP contribution in [0.4, 0.5) is 5.69 Å². The summed E-state index contributed by atoms with van der Waals surface area (Å²) in [6.45, 7) is 3.83. The highest BCUT2D eigenvalue weighted by Gasteiger charge is 2.01. The zero-order valence-electron chi connectivity index (χ0n) is 9.37. The van der Waals surface area contributed by atoms with E-state index >= 15 is 0 Å². The molecule has 1 heterocycles. The molecule has 1 aromatic carbocycles. The molecule has 0 atom stereocenters. The molecule has 0 fully saturated rings. The van der Waals surface area contributed by atoms with Gasteiger partial charge in [0.15, 0.2) is 0 Å². The maximum atomic E-state index is 11.4. The molecule has 3 heteroatoms. The Hall–Kier alpha value is -2.03. The molecule has 3 nitrogen and oxygen atoms in total. The first-order chi connectivity index (χ1) is 7.56. The molecule has 0 saturated heterocycles. The van der Waals surface area contributed by atoms with Gasteiger partial charge < -0.3 is 10.7 Å². The van der Waals surface area contributed by atoms with Crippen molar-refractivity contribution in [2.45, 2.75) is 13.8 Å². The first-order valence-electron chi connectivity index (χ1n) is 5.14. The van der Waals surface area contributed by atoms with Crippen LogP contribution in [0.1, 0.15) is 11.3 Å². The lowest BCUT2D eigenvalue weighted by Crippen LogP contribution is -2.05. The number of hydrogen-bond donors (Lipinski definition) is 2. The van der Waals surface area contributed by atoms with Crippen molar-refractivity contribution in [3.63, 3.8) is 0 Å². The Morgan fingerprint density at radius 2 is 1.81 bits per heavy atom. The minimum Gasteiger partial charge on any atom is -0.399 e. The first kappa shape index (κ1) is 10.5. The zero-order chi connectivity index (χ0) is 11.7. The van der Waals surface area contributed by atoms with Gasteiger partial charge in [-0.2, -0.15) is 0 Å². The zero-order valence-corrected chi connectivity index (χ0v) is 9.37. The van der Waals surface area contributed by atoms with Gasteiger partial charge in [0.1, 0.15) is 0 Å². The van der Waals surface area contributed by atoms with Gasteiger partial charge in [0.05, 0.1) is 0 Å². The third-order valence-corrected chi connectivity index (χ3v) is 2.58. The van der Waals surface area contributed by atoms with Crippen molar-refractivity contribution < 1.29 is 0 Å². The third-order valence-electron chi connectivity index (χ3n) is 2.58. The number of nitrogens with two attached hydrogens (primary N) is 1. The molecular weight excluding hydrogens is 200 g/mol. The van der Waals surface area contributed by atoms with E-state index in [9.17, 15) is 4.79 Å². The fourth-order valence-electron chi connectivity index (χ4n) is 1.70. The first-order valence-corrected chi connectivity index (χ1v) is 5.14. The van der Waals surface area contributed by atoms with E-state index in [0.717, 1.165) is 28.1 Å². The van der Waals surface area contributed by atoms with Crippen LogP contribution < -0.4 is 11.3 Å². The molecule has 0 bridgehead atoms. The van der Waals surface area contributed by atoms with E-state index in [1.807, 2.05) is 38.1 Å². The van der Waals surface area contributed by atoms with Gasteiger partial charge in [-0.3, -0.25) is 4.79 Å². The van der Waals surface area contributed by atoms with Crippen LogP contribution in [0, 0.1) is 13.8 Å². The number of hydrogen-bond acceptors (Lipinski definition) is 2. The van der Waals surface area contributed by atoms with Crippen molar-refractivity contribution in [3.05, 3.63) is 51.9 Å². The molecule has 0 spiro atoms. The smallest absolute Gasteiger partial charge is 0.248 e. The van der Waals surface area contributed by atoms with Crippen molar-refractivity contribution in [2.24, 2.45) is 0 Å². The standard InChI is InChI=1S/C13H14N2O/c1-8-5-10(3-4-12(8)14)11-6-9(2)15-13(16)7-11/h3-7H,14H2,1-2H3,(H,15,16). The molecule has 0 aliphatic heterocycles. The van der Waals surface area contributed by atoms with Crippen LogP contribution in [0.15, 0.2) is 35.1 Å². The van der Waals surface area contributed by atoms with E-state index in [2.05, 4.69) is 4.98 Å². The molecule has 0 amide bonds. The number of nitrogens with one attached hydrogen (secondary N) is 1. The average molecular weight is 214 g/mol. The summed E-state index contributed by atoms with van der Waals surface area (Å²) in [5.74, 6) is 0. The maximum Gasteiger partial charge on any atom is 0.248 e. The van der Waals surface area contributed by atoms with E-state index in [0.29, 0.717) is 0 Å². The third kappa shape index (κ3) is 1.98. The summed E-state index contributed by atoms with van der Waals surface area (Å²) >= 11 is 0. The minimum atomic E-state index is -0.0792. The molecule has 3 N–H and O–H groups in total. The number of aryl methyl sites for hydroxylation is 2. The van der Waals surface area contributed by atoms with Crippen LogP contribution in [-0.4, -0.2) is 4.98 Å². The van der Waals surface area contributed by atoms with Crippen LogP contribution in [0.2, 0.25) is 0 Å². The summed E-state index contributed by atoms with van der Waals surface area (Å²) in [7, 11) is 0. The van der Waals surface area contributed by atoms with Gasteiger partial charge in [-0.15, -0.1) is 0 Å². The van der Waals surface area contributed by atoms with E-state index in [-0.39, 0.29) is 5.56 Å². The van der Waals surface area contributed by atoms with E-state index in [4.69, 9.17) is 5.73 Å². The quantitative estimate of drug-likeness (QED) is 0.715. The molecule has 0 saturated carbocycles. The molecule has 0 unspecified atom stereocenters. The molecule has 1 aromatic heterocycles. The Kier molecular flexibility index (Phi) is 2.52. The predicted octanol–water partition coefficient (Wildman–Crippen LogP) is 2.24. The lowest BCUT2D eigenvalue weighted by molar-refractivity contribution is 1.14. The molecule has 0 radical (unpaired) electrons. The Bertz CT molecular complexity index is 585. The lowest BCUT2D eigenvalue weighted by atomic mass is 10.0. The topological polar surface area (TPSA) is 58.9 Å². The highest BCUT2D eigenvalue weighted by atomic mass is 16.1. The van der Waals surface area contributed by atoms with Gasteiger partial charge in [0, 0.05) is 17.4 Å². The van der Waals surface area contributed by atoms with Gasteiger partial charge in [0.25, 0.3) is 0 Å². The summed E-state index contributed by atoms with van der Waals surface area (Å²) in [4.78, 5) is 14.1. The Morgan fingerprint density at radius 1 is 1.06 bits per heavy atom. The molecular formula is C13H14N2O. The second kappa shape index (κ2) is 3.85. The van der Waals surface area contributed by atoms with Crippen LogP contribution >= 0.6 is 0 Å². The van der Waals surface area contributed by atoms with Gasteiger partial charge in [-0.1, -0.05) is 6.07 Å². The Labute approximate surface area is 93.9 Å². The number of H-pyrrole nitrogens is 1. The number of rotatable bonds is 1. The molecule has 0 aliphatic carbocycles. The largest absolute Gasteiger partial charge is 0.399 e. The van der Waals surface area contributed by atoms with E-state index < -0.39 is 0 Å². The summed E-state index contributed by atoms with van der Waals surface area (Å²) < 4.78 is 0. The molecule has 82 valence electrons. The number of aromatic nitrogens is 1. The van der Waals surface area contributed by atoms with Crippen LogP contribution in [0.3, 0.4) is 0 Å². The highest BCUT2D eigenvalue weighted by Crippen LogP contribution is 2.22. The van der Waals surface area contributed by atoms with Crippen molar-refractivity contribution in [1.82, 2.24) is 4.98 Å². The monoisotopic (exact) mass is 214 g/mol. The summed E-state index contributed by atoms with van der Waals surface area (Å²) in [5.41, 5.74) is 10.3. The summed E-state index contributed by atoms with van der Waals surface area (Å²) in [6.07, 6.45) is 0. The Morgan fingerprint density at radius 3 is 2.44 bits per heavy atom. The van der Waals surface area contributed by atoms with Crippen molar-refractivity contribution in [1.29, 1.82) is 0 Å². The second-order valence-corrected chi connectivity index (χ2v) is 3.99. The normalized spacial score (nSPS) is 10.4. The fourth-order valence-corrected chi connectivity index (χ4v) is 1.70. The van der Waals surface area contributed by atoms with Crippen LogP contribution in [-0.2, 0) is 0 Å². The SMILES string of the molecule is Cc1cc(-c2ccc(N)c(C)c2)cc(=O)[nH]1. The number of aromatic amines is 1. The highest BCUT2D eigenvalue weighted by molar-refractivity contribution is 5.67. The molecule has 2 rings (SSSR count). The fraction of sp³-hybridized carbons (Fsp3) is 0.154. The minimum absolute atomic E-state index is 0.0792. The van der Waals surface area contributed by atoms with Crippen molar-refractivity contribution in [2.75, 3.05) is 5.73 Å². The Balaban J connectivity index is 2.58. The number of pyridine rings is 1. The van der Waals surface area contributed by atoms with Gasteiger partial charge >= 0.3 is 0 Å². The van der Waals surface area contributed by atoms with Crippen LogP contribution in [0.5, 0.6) is 0 Å². The van der Waals surface area contributed by atoms with Gasteiger partial charge in [-0.25, -0.2) is 0 Å². The summed E-state index contributed by atoms with van der Waals surface area (Å²) in [6, 6.07) is 9.33. The van der Waals surface area contributed by atoms with Gasteiger partial charge in [-0.05, 0) is 48.7 Å². The number of anilines is 1. The van der Waals surface area contributed by atoms with Crippen molar-refractivity contribution >= 4 is 5.69 Å². The number of benzene rings is 1. The summed E-state index contributed by atoms with van der Waals surface area (Å²) in [5, 5.41) is 0. The van der Waals surface area contributed by atoms with E-state index in [1.165, 1.54) is 0 Å². The van der Waals surface area contributed by atoms with Gasteiger partial charge in [0.2, 0.25) is 5.56 Å². The van der Waals surface area contributed by atoms with Crippen molar-refractivity contribution in [3.8, 4) is 11.1 Å². The second-order valence-electron chi connectivity index (χ2n) is 3.99. The average Bonchev–Trinajstić information content (AvgIpc) is 2.20. The predicted molar refractivity (Wildman–Crippen MR) is 66.4 cm³/mol. The lowest BCUT2D eigenvalue weighted by Gasteiger charge is -2.05. The van der Waals surface area contributed by atoms with Crippen LogP contribution in [0.25, 0.3) is 11.1 Å². The maximum absolute atomic E-state index is 11.4. The molecule has 0 aliphatic rings. The number of nitrogen functional groups attached to an aromatic ring is 1. The molecule has 16 heavy (non-hydrogen) atoms. The van der Waals surface area contributed by atoms with E-state index in [1.54, 1.807) is 6.07 Å².